The number of aliphatic hydroxyl groups excluding tert-OH is 1. The van der Waals surface area contributed by atoms with Gasteiger partial charge in [-0.2, -0.15) is 0 Å². The standard InChI is InChI=1S/C29H35N5O5/c1-34-8-7-20-12-25(34)29(36)39-10-2-9-38-28-22(5-6-24-23(28)11-21(33-20)15-30-24)19-13-31-27(32-14-19)17-37-16-26(35)18-3-4-18/h5-6,11,13-15,18,20,25-26,33,35H,2-4,7-10,12,16-17H2,1H3/t20-,25-,26?/m0/s1. The van der Waals surface area contributed by atoms with Gasteiger partial charge in [-0.25, -0.2) is 9.97 Å². The van der Waals surface area contributed by atoms with Gasteiger partial charge in [0.05, 0.1) is 43.3 Å². The molecule has 10 heteroatoms. The van der Waals surface area contributed by atoms with Gasteiger partial charge >= 0.3 is 5.97 Å². The zero-order chi connectivity index (χ0) is 26.8. The van der Waals surface area contributed by atoms with Gasteiger partial charge in [-0.3, -0.25) is 14.7 Å². The lowest BCUT2D eigenvalue weighted by molar-refractivity contribution is -0.151. The van der Waals surface area contributed by atoms with Crippen LogP contribution in [0.4, 0.5) is 5.69 Å². The minimum absolute atomic E-state index is 0.141. The van der Waals surface area contributed by atoms with E-state index < -0.39 is 6.10 Å². The van der Waals surface area contributed by atoms with Gasteiger partial charge in [0.25, 0.3) is 0 Å². The molecule has 2 aromatic heterocycles. The number of piperidine rings is 1. The molecule has 4 heterocycles. The Balaban J connectivity index is 1.26. The van der Waals surface area contributed by atoms with Crippen molar-refractivity contribution in [2.24, 2.45) is 5.92 Å². The van der Waals surface area contributed by atoms with Crippen molar-refractivity contribution >= 4 is 22.6 Å². The number of pyridine rings is 1. The fourth-order valence-electron chi connectivity index (χ4n) is 5.32. The monoisotopic (exact) mass is 533 g/mol. The van der Waals surface area contributed by atoms with Gasteiger partial charge in [-0.1, -0.05) is 0 Å². The third-order valence-corrected chi connectivity index (χ3v) is 7.81. The number of likely N-dealkylation sites (tertiary alicyclic amines) is 1. The second-order valence-corrected chi connectivity index (χ2v) is 10.8. The SMILES string of the molecule is CN1CC[C@H]2C[C@H]1C(=O)OCCCOc1c(-c3cnc(COCC(O)C4CC4)nc3)ccc3ncc(cc13)N2. The van der Waals surface area contributed by atoms with Crippen LogP contribution >= 0.6 is 0 Å². The molecule has 3 aromatic rings. The molecule has 1 saturated heterocycles. The van der Waals surface area contributed by atoms with Gasteiger partial charge in [0.15, 0.2) is 5.82 Å². The van der Waals surface area contributed by atoms with Crippen LogP contribution in [0.2, 0.25) is 0 Å². The first kappa shape index (κ1) is 25.9. The minimum Gasteiger partial charge on any atom is -0.492 e. The second kappa shape index (κ2) is 11.4. The Morgan fingerprint density at radius 1 is 1.13 bits per heavy atom. The van der Waals surface area contributed by atoms with Crippen molar-refractivity contribution in [1.29, 1.82) is 0 Å². The number of carbonyl (C=O) groups excluding carboxylic acids is 1. The third kappa shape index (κ3) is 5.98. The molecule has 2 fully saturated rings. The lowest BCUT2D eigenvalue weighted by Gasteiger charge is -2.36. The van der Waals surface area contributed by atoms with Crippen molar-refractivity contribution in [2.75, 3.05) is 38.7 Å². The highest BCUT2D eigenvalue weighted by Gasteiger charge is 2.33. The van der Waals surface area contributed by atoms with E-state index in [1.165, 1.54) is 0 Å². The van der Waals surface area contributed by atoms with Crippen molar-refractivity contribution in [2.45, 2.75) is 56.9 Å². The maximum Gasteiger partial charge on any atom is 0.323 e. The molecule has 0 amide bonds. The number of aliphatic hydroxyl groups is 1. The van der Waals surface area contributed by atoms with Gasteiger partial charge in [0.2, 0.25) is 0 Å². The number of hydrogen-bond acceptors (Lipinski definition) is 10. The number of likely N-dealkylation sites (N-methyl/N-ethyl adjacent to an activating group) is 1. The summed E-state index contributed by atoms with van der Waals surface area (Å²) in [5, 5.41) is 14.5. The van der Waals surface area contributed by atoms with Crippen molar-refractivity contribution in [3.05, 3.63) is 42.6 Å². The van der Waals surface area contributed by atoms with Gasteiger partial charge in [-0.15, -0.1) is 0 Å². The number of aromatic nitrogens is 3. The first-order chi connectivity index (χ1) is 19.0. The summed E-state index contributed by atoms with van der Waals surface area (Å²) in [5.74, 6) is 1.46. The minimum atomic E-state index is -0.409. The number of cyclic esters (lactones) is 1. The molecule has 0 radical (unpaired) electrons. The van der Waals surface area contributed by atoms with Crippen molar-refractivity contribution in [1.82, 2.24) is 19.9 Å². The summed E-state index contributed by atoms with van der Waals surface area (Å²) in [4.78, 5) is 28.5. The highest BCUT2D eigenvalue weighted by molar-refractivity contribution is 5.94. The summed E-state index contributed by atoms with van der Waals surface area (Å²) < 4.78 is 17.6. The Morgan fingerprint density at radius 3 is 2.77 bits per heavy atom. The molecule has 0 spiro atoms. The summed E-state index contributed by atoms with van der Waals surface area (Å²) >= 11 is 0. The van der Waals surface area contributed by atoms with Crippen molar-refractivity contribution in [3.63, 3.8) is 0 Å². The summed E-state index contributed by atoms with van der Waals surface area (Å²) in [5.41, 5.74) is 3.40. The number of rotatable bonds is 6. The smallest absolute Gasteiger partial charge is 0.323 e. The summed E-state index contributed by atoms with van der Waals surface area (Å²) in [7, 11) is 1.97. The van der Waals surface area contributed by atoms with E-state index in [4.69, 9.17) is 19.2 Å². The summed E-state index contributed by atoms with van der Waals surface area (Å²) in [6.07, 6.45) is 9.29. The van der Waals surface area contributed by atoms with Crippen LogP contribution in [0.5, 0.6) is 5.75 Å². The molecule has 6 rings (SSSR count). The lowest BCUT2D eigenvalue weighted by Crippen LogP contribution is -2.49. The zero-order valence-corrected chi connectivity index (χ0v) is 22.2. The maximum atomic E-state index is 12.8. The average Bonchev–Trinajstić information content (AvgIpc) is 3.80. The number of nitrogens with one attached hydrogen (secondary N) is 1. The number of anilines is 1. The predicted octanol–water partition coefficient (Wildman–Crippen LogP) is 3.18. The fraction of sp³-hybridized carbons (Fsp3) is 0.517. The van der Waals surface area contributed by atoms with E-state index >= 15 is 0 Å². The van der Waals surface area contributed by atoms with Gasteiger partial charge in [-0.05, 0) is 56.8 Å². The molecular weight excluding hydrogens is 498 g/mol. The van der Waals surface area contributed by atoms with E-state index in [0.29, 0.717) is 50.2 Å². The Labute approximate surface area is 227 Å². The van der Waals surface area contributed by atoms with Gasteiger partial charge in [0.1, 0.15) is 18.4 Å². The van der Waals surface area contributed by atoms with Crippen LogP contribution in [-0.4, -0.2) is 82.5 Å². The van der Waals surface area contributed by atoms with E-state index in [9.17, 15) is 9.90 Å². The molecule has 2 aliphatic heterocycles. The summed E-state index contributed by atoms with van der Waals surface area (Å²) in [6.45, 7) is 2.06. The van der Waals surface area contributed by atoms with E-state index in [1.54, 1.807) is 12.4 Å². The fourth-order valence-corrected chi connectivity index (χ4v) is 5.32. The predicted molar refractivity (Wildman–Crippen MR) is 145 cm³/mol. The molecule has 1 aliphatic carbocycles. The highest BCUT2D eigenvalue weighted by atomic mass is 16.5. The van der Waals surface area contributed by atoms with Gasteiger partial charge < -0.3 is 24.6 Å². The normalized spacial score (nSPS) is 23.0. The number of carbonyl (C=O) groups is 1. The first-order valence-corrected chi connectivity index (χ1v) is 13.8. The van der Waals surface area contributed by atoms with Crippen LogP contribution < -0.4 is 10.1 Å². The largest absolute Gasteiger partial charge is 0.492 e. The molecule has 1 unspecified atom stereocenters. The number of hydrogen-bond donors (Lipinski definition) is 2. The Kier molecular flexibility index (Phi) is 7.58. The molecule has 3 aliphatic rings. The number of benzene rings is 1. The molecule has 4 bridgehead atoms. The van der Waals surface area contributed by atoms with Crippen LogP contribution in [0.3, 0.4) is 0 Å². The zero-order valence-electron chi connectivity index (χ0n) is 22.2. The topological polar surface area (TPSA) is 119 Å². The molecule has 2 N–H and O–H groups in total. The average molecular weight is 534 g/mol. The van der Waals surface area contributed by atoms with E-state index in [2.05, 4.69) is 26.3 Å². The Hall–Kier alpha value is -3.34. The number of fused-ring (bicyclic) bond motifs is 3. The molecule has 3 atom stereocenters. The quantitative estimate of drug-likeness (QED) is 0.457. The second-order valence-electron chi connectivity index (χ2n) is 10.8. The maximum absolute atomic E-state index is 12.8. The first-order valence-electron chi connectivity index (χ1n) is 13.8. The van der Waals surface area contributed by atoms with E-state index in [-0.39, 0.29) is 24.7 Å². The molecule has 1 aromatic carbocycles. The van der Waals surface area contributed by atoms with Crippen molar-refractivity contribution < 1.29 is 24.1 Å². The molecule has 39 heavy (non-hydrogen) atoms. The molecular formula is C29H35N5O5. The number of esters is 1. The van der Waals surface area contributed by atoms with Crippen LogP contribution in [-0.2, 0) is 20.9 Å². The lowest BCUT2D eigenvalue weighted by atomic mass is 9.97. The van der Waals surface area contributed by atoms with Gasteiger partial charge in [0, 0.05) is 47.9 Å². The highest BCUT2D eigenvalue weighted by Crippen LogP contribution is 2.38. The Bertz CT molecular complexity index is 1320. The van der Waals surface area contributed by atoms with E-state index in [1.807, 2.05) is 25.4 Å². The van der Waals surface area contributed by atoms with Crippen LogP contribution in [0, 0.1) is 5.92 Å². The van der Waals surface area contributed by atoms with Crippen LogP contribution in [0.15, 0.2) is 36.8 Å². The number of nitrogens with zero attached hydrogens (tertiary/aromatic N) is 4. The third-order valence-electron chi connectivity index (χ3n) is 7.81. The van der Waals surface area contributed by atoms with Crippen LogP contribution in [0.25, 0.3) is 22.0 Å². The Morgan fingerprint density at radius 2 is 1.95 bits per heavy atom. The van der Waals surface area contributed by atoms with Crippen LogP contribution in [0.1, 0.15) is 37.9 Å². The number of ether oxygens (including phenoxy) is 3. The van der Waals surface area contributed by atoms with Crippen molar-refractivity contribution in [3.8, 4) is 16.9 Å². The molecule has 206 valence electrons. The summed E-state index contributed by atoms with van der Waals surface area (Å²) in [6, 6.07) is 5.92. The molecule has 10 nitrogen and oxygen atoms in total. The van der Waals surface area contributed by atoms with E-state index in [0.717, 1.165) is 53.5 Å². The molecule has 1 saturated carbocycles.